The SMILES string of the molecule is CCN(C(=O)COc1ccc(C)cc1C(C)N)C1CC1. The predicted molar refractivity (Wildman–Crippen MR) is 79.7 cm³/mol. The summed E-state index contributed by atoms with van der Waals surface area (Å²) in [7, 11) is 0. The molecule has 2 N–H and O–H groups in total. The molecule has 110 valence electrons. The Hall–Kier alpha value is -1.55. The second-order valence-corrected chi connectivity index (χ2v) is 5.53. The first-order valence-electron chi connectivity index (χ1n) is 7.31. The number of nitrogens with two attached hydrogens (primary N) is 1. The number of amides is 1. The van der Waals surface area contributed by atoms with Gasteiger partial charge in [0.15, 0.2) is 6.61 Å². The van der Waals surface area contributed by atoms with Crippen molar-refractivity contribution in [2.75, 3.05) is 13.2 Å². The maximum atomic E-state index is 12.1. The molecule has 1 amide bonds. The molecule has 1 fully saturated rings. The second-order valence-electron chi connectivity index (χ2n) is 5.53. The lowest BCUT2D eigenvalue weighted by Gasteiger charge is -2.21. The zero-order chi connectivity index (χ0) is 14.7. The molecule has 1 aliphatic rings. The number of benzene rings is 1. The molecule has 0 aliphatic heterocycles. The first-order valence-corrected chi connectivity index (χ1v) is 7.31. The van der Waals surface area contributed by atoms with Crippen molar-refractivity contribution in [1.29, 1.82) is 0 Å². The Bertz CT molecular complexity index is 481. The van der Waals surface area contributed by atoms with Crippen LogP contribution in [0.15, 0.2) is 18.2 Å². The molecule has 0 aromatic heterocycles. The minimum Gasteiger partial charge on any atom is -0.483 e. The molecule has 1 unspecified atom stereocenters. The summed E-state index contributed by atoms with van der Waals surface area (Å²) in [4.78, 5) is 14.0. The van der Waals surface area contributed by atoms with Crippen LogP contribution >= 0.6 is 0 Å². The van der Waals surface area contributed by atoms with Crippen molar-refractivity contribution < 1.29 is 9.53 Å². The van der Waals surface area contributed by atoms with Gasteiger partial charge in [-0.3, -0.25) is 4.79 Å². The maximum Gasteiger partial charge on any atom is 0.260 e. The molecule has 0 radical (unpaired) electrons. The van der Waals surface area contributed by atoms with Gasteiger partial charge in [-0.1, -0.05) is 17.7 Å². The molecule has 1 saturated carbocycles. The van der Waals surface area contributed by atoms with Gasteiger partial charge in [0.2, 0.25) is 0 Å². The van der Waals surface area contributed by atoms with Gasteiger partial charge in [-0.2, -0.15) is 0 Å². The summed E-state index contributed by atoms with van der Waals surface area (Å²) in [5, 5.41) is 0. The molecule has 0 spiro atoms. The van der Waals surface area contributed by atoms with E-state index in [9.17, 15) is 4.79 Å². The first-order chi connectivity index (χ1) is 9.52. The number of carbonyl (C=O) groups is 1. The van der Waals surface area contributed by atoms with E-state index in [2.05, 4.69) is 0 Å². The summed E-state index contributed by atoms with van der Waals surface area (Å²) in [6, 6.07) is 6.22. The van der Waals surface area contributed by atoms with Crippen molar-refractivity contribution in [1.82, 2.24) is 4.90 Å². The molecule has 0 bridgehead atoms. The van der Waals surface area contributed by atoms with E-state index in [0.717, 1.165) is 30.5 Å². The lowest BCUT2D eigenvalue weighted by atomic mass is 10.1. The first kappa shape index (κ1) is 14.9. The molecule has 4 nitrogen and oxygen atoms in total. The van der Waals surface area contributed by atoms with Gasteiger partial charge in [-0.15, -0.1) is 0 Å². The smallest absolute Gasteiger partial charge is 0.260 e. The zero-order valence-corrected chi connectivity index (χ0v) is 12.6. The Kier molecular flexibility index (Phi) is 4.65. The molecule has 4 heteroatoms. The molecule has 0 heterocycles. The van der Waals surface area contributed by atoms with Gasteiger partial charge < -0.3 is 15.4 Å². The fraction of sp³-hybridized carbons (Fsp3) is 0.562. The zero-order valence-electron chi connectivity index (χ0n) is 12.6. The van der Waals surface area contributed by atoms with Gasteiger partial charge in [-0.25, -0.2) is 0 Å². The second kappa shape index (κ2) is 6.27. The molecule has 20 heavy (non-hydrogen) atoms. The van der Waals surface area contributed by atoms with Gasteiger partial charge in [-0.05, 0) is 39.7 Å². The van der Waals surface area contributed by atoms with E-state index in [-0.39, 0.29) is 18.6 Å². The van der Waals surface area contributed by atoms with Crippen molar-refractivity contribution in [2.45, 2.75) is 45.7 Å². The van der Waals surface area contributed by atoms with Crippen LogP contribution in [0.2, 0.25) is 0 Å². The fourth-order valence-corrected chi connectivity index (χ4v) is 2.40. The molecule has 1 aromatic rings. The Morgan fingerprint density at radius 1 is 1.50 bits per heavy atom. The third-order valence-electron chi connectivity index (χ3n) is 3.66. The minimum atomic E-state index is -0.106. The monoisotopic (exact) mass is 276 g/mol. The molecular weight excluding hydrogens is 252 g/mol. The van der Waals surface area contributed by atoms with Crippen LogP contribution in [0.5, 0.6) is 5.75 Å². The number of nitrogens with zero attached hydrogens (tertiary/aromatic N) is 1. The fourth-order valence-electron chi connectivity index (χ4n) is 2.40. The van der Waals surface area contributed by atoms with Crippen LogP contribution in [0.1, 0.15) is 43.9 Å². The van der Waals surface area contributed by atoms with Crippen molar-refractivity contribution in [2.24, 2.45) is 5.73 Å². The number of likely N-dealkylation sites (N-methyl/N-ethyl adjacent to an activating group) is 1. The van der Waals surface area contributed by atoms with E-state index in [1.165, 1.54) is 0 Å². The average Bonchev–Trinajstić information content (AvgIpc) is 3.22. The van der Waals surface area contributed by atoms with E-state index in [1.54, 1.807) is 0 Å². The van der Waals surface area contributed by atoms with Crippen molar-refractivity contribution in [3.63, 3.8) is 0 Å². The van der Waals surface area contributed by atoms with Crippen molar-refractivity contribution in [3.05, 3.63) is 29.3 Å². The van der Waals surface area contributed by atoms with E-state index < -0.39 is 0 Å². The van der Waals surface area contributed by atoms with E-state index in [1.807, 2.05) is 43.9 Å². The maximum absolute atomic E-state index is 12.1. The number of ether oxygens (including phenoxy) is 1. The Balaban J connectivity index is 2.01. The summed E-state index contributed by atoms with van der Waals surface area (Å²) in [6.07, 6.45) is 2.24. The topological polar surface area (TPSA) is 55.6 Å². The standard InChI is InChI=1S/C16H24N2O2/c1-4-18(13-6-7-13)16(19)10-20-15-8-5-11(2)9-14(15)12(3)17/h5,8-9,12-13H,4,6-7,10,17H2,1-3H3. The number of hydrogen-bond acceptors (Lipinski definition) is 3. The van der Waals surface area contributed by atoms with Gasteiger partial charge in [0.25, 0.3) is 5.91 Å². The summed E-state index contributed by atoms with van der Waals surface area (Å²) in [5.41, 5.74) is 8.05. The predicted octanol–water partition coefficient (Wildman–Crippen LogP) is 2.40. The van der Waals surface area contributed by atoms with E-state index in [0.29, 0.717) is 11.8 Å². The summed E-state index contributed by atoms with van der Waals surface area (Å²) in [5.74, 6) is 0.775. The van der Waals surface area contributed by atoms with Crippen molar-refractivity contribution >= 4 is 5.91 Å². The lowest BCUT2D eigenvalue weighted by Crippen LogP contribution is -2.36. The van der Waals surface area contributed by atoms with E-state index in [4.69, 9.17) is 10.5 Å². The Labute approximate surface area is 120 Å². The highest BCUT2D eigenvalue weighted by Gasteiger charge is 2.31. The molecule has 2 rings (SSSR count). The molecule has 1 atom stereocenters. The van der Waals surface area contributed by atoms with Crippen LogP contribution < -0.4 is 10.5 Å². The number of rotatable bonds is 6. The van der Waals surface area contributed by atoms with Gasteiger partial charge in [0.05, 0.1) is 0 Å². The Morgan fingerprint density at radius 2 is 2.20 bits per heavy atom. The Morgan fingerprint density at radius 3 is 2.75 bits per heavy atom. The largest absolute Gasteiger partial charge is 0.483 e. The number of aryl methyl sites for hydroxylation is 1. The minimum absolute atomic E-state index is 0.0613. The number of carbonyl (C=O) groups excluding carboxylic acids is 1. The normalized spacial score (nSPS) is 15.8. The molecule has 1 aromatic carbocycles. The quantitative estimate of drug-likeness (QED) is 0.868. The van der Waals surface area contributed by atoms with Crippen LogP contribution in [-0.2, 0) is 4.79 Å². The molecule has 1 aliphatic carbocycles. The highest BCUT2D eigenvalue weighted by Crippen LogP contribution is 2.28. The highest BCUT2D eigenvalue weighted by atomic mass is 16.5. The third-order valence-corrected chi connectivity index (χ3v) is 3.66. The average molecular weight is 276 g/mol. The van der Waals surface area contributed by atoms with Gasteiger partial charge >= 0.3 is 0 Å². The summed E-state index contributed by atoms with van der Waals surface area (Å²) < 4.78 is 5.70. The van der Waals surface area contributed by atoms with Crippen LogP contribution in [-0.4, -0.2) is 30.0 Å². The van der Waals surface area contributed by atoms with Crippen LogP contribution in [0, 0.1) is 6.92 Å². The summed E-state index contributed by atoms with van der Waals surface area (Å²) in [6.45, 7) is 6.79. The van der Waals surface area contributed by atoms with E-state index >= 15 is 0 Å². The van der Waals surface area contributed by atoms with Gasteiger partial charge in [0, 0.05) is 24.2 Å². The van der Waals surface area contributed by atoms with Gasteiger partial charge in [0.1, 0.15) is 5.75 Å². The molecular formula is C16H24N2O2. The highest BCUT2D eigenvalue weighted by molar-refractivity contribution is 5.78. The summed E-state index contributed by atoms with van der Waals surface area (Å²) >= 11 is 0. The van der Waals surface area contributed by atoms with Crippen LogP contribution in [0.4, 0.5) is 0 Å². The molecule has 0 saturated heterocycles. The third kappa shape index (κ3) is 3.51. The van der Waals surface area contributed by atoms with Crippen LogP contribution in [0.3, 0.4) is 0 Å². The number of hydrogen-bond donors (Lipinski definition) is 1. The lowest BCUT2D eigenvalue weighted by molar-refractivity contribution is -0.133. The van der Waals surface area contributed by atoms with Crippen LogP contribution in [0.25, 0.3) is 0 Å². The van der Waals surface area contributed by atoms with Crippen molar-refractivity contribution in [3.8, 4) is 5.75 Å².